The molecular formula is C14H20N2O. The van der Waals surface area contributed by atoms with E-state index in [4.69, 9.17) is 5.73 Å². The van der Waals surface area contributed by atoms with E-state index in [1.54, 1.807) is 0 Å². The van der Waals surface area contributed by atoms with Crippen molar-refractivity contribution in [1.82, 2.24) is 0 Å². The smallest absolute Gasteiger partial charge is 0.224 e. The molecule has 0 aliphatic heterocycles. The molecule has 1 amide bonds. The van der Waals surface area contributed by atoms with E-state index < -0.39 is 0 Å². The normalized spacial score (nSPS) is 16.1. The van der Waals surface area contributed by atoms with Crippen molar-refractivity contribution < 1.29 is 4.79 Å². The molecule has 0 unspecified atom stereocenters. The average molecular weight is 232 g/mol. The van der Waals surface area contributed by atoms with Crippen molar-refractivity contribution in [2.45, 2.75) is 39.0 Å². The van der Waals surface area contributed by atoms with Gasteiger partial charge >= 0.3 is 0 Å². The number of hydrogen-bond donors (Lipinski definition) is 2. The van der Waals surface area contributed by atoms with Gasteiger partial charge in [0.2, 0.25) is 5.91 Å². The van der Waals surface area contributed by atoms with Crippen LogP contribution in [0.1, 0.15) is 37.7 Å². The number of nitrogens with one attached hydrogen (secondary N) is 1. The molecule has 1 fully saturated rings. The predicted molar refractivity (Wildman–Crippen MR) is 70.8 cm³/mol. The third kappa shape index (κ3) is 3.22. The van der Waals surface area contributed by atoms with E-state index in [-0.39, 0.29) is 5.91 Å². The Morgan fingerprint density at radius 1 is 1.41 bits per heavy atom. The van der Waals surface area contributed by atoms with Crippen molar-refractivity contribution in [3.8, 4) is 0 Å². The van der Waals surface area contributed by atoms with Gasteiger partial charge in [-0.3, -0.25) is 4.79 Å². The minimum Gasteiger partial charge on any atom is -0.398 e. The summed E-state index contributed by atoms with van der Waals surface area (Å²) >= 11 is 0. The number of carbonyl (C=O) groups excluding carboxylic acids is 1. The fourth-order valence-corrected chi connectivity index (χ4v) is 2.41. The van der Waals surface area contributed by atoms with Crippen LogP contribution in [0.4, 0.5) is 11.4 Å². The zero-order valence-electron chi connectivity index (χ0n) is 10.3. The van der Waals surface area contributed by atoms with Gasteiger partial charge in [0, 0.05) is 17.8 Å². The Morgan fingerprint density at radius 3 is 2.76 bits per heavy atom. The maximum absolute atomic E-state index is 11.8. The number of nitrogens with two attached hydrogens (primary N) is 1. The van der Waals surface area contributed by atoms with Gasteiger partial charge in [0.05, 0.1) is 0 Å². The maximum Gasteiger partial charge on any atom is 0.224 e. The molecule has 1 aromatic rings. The van der Waals surface area contributed by atoms with Crippen LogP contribution in [0, 0.1) is 12.8 Å². The zero-order valence-corrected chi connectivity index (χ0v) is 10.3. The summed E-state index contributed by atoms with van der Waals surface area (Å²) in [4.78, 5) is 11.8. The van der Waals surface area contributed by atoms with Crippen LogP contribution in [-0.2, 0) is 4.79 Å². The summed E-state index contributed by atoms with van der Waals surface area (Å²) in [7, 11) is 0. The molecule has 2 rings (SSSR count). The van der Waals surface area contributed by atoms with E-state index >= 15 is 0 Å². The summed E-state index contributed by atoms with van der Waals surface area (Å²) in [5, 5.41) is 2.92. The first-order valence-corrected chi connectivity index (χ1v) is 6.31. The molecule has 17 heavy (non-hydrogen) atoms. The molecule has 0 radical (unpaired) electrons. The van der Waals surface area contributed by atoms with Crippen LogP contribution in [0.25, 0.3) is 0 Å². The van der Waals surface area contributed by atoms with Gasteiger partial charge in [-0.1, -0.05) is 18.9 Å². The van der Waals surface area contributed by atoms with Crippen LogP contribution in [0.3, 0.4) is 0 Å². The molecule has 3 N–H and O–H groups in total. The third-order valence-electron chi connectivity index (χ3n) is 3.51. The van der Waals surface area contributed by atoms with Gasteiger partial charge in [0.25, 0.3) is 0 Å². The van der Waals surface area contributed by atoms with Crippen molar-refractivity contribution in [1.29, 1.82) is 0 Å². The lowest BCUT2D eigenvalue weighted by Crippen LogP contribution is -2.15. The molecule has 0 bridgehead atoms. The summed E-state index contributed by atoms with van der Waals surface area (Å²) < 4.78 is 0. The molecule has 1 saturated carbocycles. The minimum atomic E-state index is 0.111. The SMILES string of the molecule is Cc1ccc(NC(=O)CC2CCCC2)cc1N. The second-order valence-electron chi connectivity index (χ2n) is 4.97. The summed E-state index contributed by atoms with van der Waals surface area (Å²) in [6, 6.07) is 5.65. The second kappa shape index (κ2) is 5.21. The van der Waals surface area contributed by atoms with Gasteiger partial charge in [0.1, 0.15) is 0 Å². The maximum atomic E-state index is 11.8. The molecule has 0 aromatic heterocycles. The minimum absolute atomic E-state index is 0.111. The van der Waals surface area contributed by atoms with E-state index in [9.17, 15) is 4.79 Å². The van der Waals surface area contributed by atoms with E-state index in [0.717, 1.165) is 16.9 Å². The molecule has 3 nitrogen and oxygen atoms in total. The molecule has 0 spiro atoms. The predicted octanol–water partition coefficient (Wildman–Crippen LogP) is 3.10. The van der Waals surface area contributed by atoms with Crippen LogP contribution < -0.4 is 11.1 Å². The number of hydrogen-bond acceptors (Lipinski definition) is 2. The number of nitrogen functional groups attached to an aromatic ring is 1. The number of amides is 1. The lowest BCUT2D eigenvalue weighted by Gasteiger charge is -2.10. The second-order valence-corrected chi connectivity index (χ2v) is 4.97. The van der Waals surface area contributed by atoms with Crippen LogP contribution in [0.5, 0.6) is 0 Å². The monoisotopic (exact) mass is 232 g/mol. The van der Waals surface area contributed by atoms with Crippen LogP contribution >= 0.6 is 0 Å². The Labute approximate surface area is 102 Å². The highest BCUT2D eigenvalue weighted by molar-refractivity contribution is 5.91. The van der Waals surface area contributed by atoms with Crippen molar-refractivity contribution >= 4 is 17.3 Å². The molecule has 1 aliphatic carbocycles. The lowest BCUT2D eigenvalue weighted by atomic mass is 10.0. The molecule has 0 heterocycles. The first-order chi connectivity index (χ1) is 8.15. The Morgan fingerprint density at radius 2 is 2.12 bits per heavy atom. The molecule has 1 aromatic carbocycles. The Hall–Kier alpha value is -1.51. The van der Waals surface area contributed by atoms with Gasteiger partial charge in [-0.05, 0) is 43.4 Å². The molecule has 0 saturated heterocycles. The quantitative estimate of drug-likeness (QED) is 0.787. The largest absolute Gasteiger partial charge is 0.398 e. The highest BCUT2D eigenvalue weighted by Gasteiger charge is 2.18. The fraction of sp³-hybridized carbons (Fsp3) is 0.500. The fourth-order valence-electron chi connectivity index (χ4n) is 2.41. The molecular weight excluding hydrogens is 212 g/mol. The number of anilines is 2. The summed E-state index contributed by atoms with van der Waals surface area (Å²) in [6.45, 7) is 1.96. The molecule has 0 atom stereocenters. The van der Waals surface area contributed by atoms with E-state index in [2.05, 4.69) is 5.32 Å². The first-order valence-electron chi connectivity index (χ1n) is 6.31. The standard InChI is InChI=1S/C14H20N2O/c1-10-6-7-12(9-13(10)15)16-14(17)8-11-4-2-3-5-11/h6-7,9,11H,2-5,8,15H2,1H3,(H,16,17). The van der Waals surface area contributed by atoms with Gasteiger partial charge in [-0.2, -0.15) is 0 Å². The number of carbonyl (C=O) groups is 1. The summed E-state index contributed by atoms with van der Waals surface area (Å²) in [6.07, 6.45) is 5.59. The van der Waals surface area contributed by atoms with Gasteiger partial charge in [-0.15, -0.1) is 0 Å². The summed E-state index contributed by atoms with van der Waals surface area (Å²) in [5.74, 6) is 0.693. The van der Waals surface area contributed by atoms with Gasteiger partial charge < -0.3 is 11.1 Å². The lowest BCUT2D eigenvalue weighted by molar-refractivity contribution is -0.117. The van der Waals surface area contributed by atoms with Crippen molar-refractivity contribution in [3.63, 3.8) is 0 Å². The molecule has 3 heteroatoms. The van der Waals surface area contributed by atoms with E-state index in [1.807, 2.05) is 25.1 Å². The Balaban J connectivity index is 1.90. The highest BCUT2D eigenvalue weighted by Crippen LogP contribution is 2.28. The molecule has 1 aliphatic rings. The van der Waals surface area contributed by atoms with Gasteiger partial charge in [-0.25, -0.2) is 0 Å². The average Bonchev–Trinajstić information content (AvgIpc) is 2.76. The van der Waals surface area contributed by atoms with Crippen molar-refractivity contribution in [2.24, 2.45) is 5.92 Å². The zero-order chi connectivity index (χ0) is 12.3. The Bertz CT molecular complexity index is 409. The number of rotatable bonds is 3. The topological polar surface area (TPSA) is 55.1 Å². The summed E-state index contributed by atoms with van der Waals surface area (Å²) in [5.41, 5.74) is 8.38. The van der Waals surface area contributed by atoms with Crippen LogP contribution in [-0.4, -0.2) is 5.91 Å². The van der Waals surface area contributed by atoms with Crippen LogP contribution in [0.2, 0.25) is 0 Å². The Kier molecular flexibility index (Phi) is 3.67. The van der Waals surface area contributed by atoms with Crippen LogP contribution in [0.15, 0.2) is 18.2 Å². The van der Waals surface area contributed by atoms with Crippen molar-refractivity contribution in [2.75, 3.05) is 11.1 Å². The van der Waals surface area contributed by atoms with Crippen molar-refractivity contribution in [3.05, 3.63) is 23.8 Å². The van der Waals surface area contributed by atoms with Gasteiger partial charge in [0.15, 0.2) is 0 Å². The number of benzene rings is 1. The van der Waals surface area contributed by atoms with E-state index in [1.165, 1.54) is 25.7 Å². The highest BCUT2D eigenvalue weighted by atomic mass is 16.1. The first kappa shape index (κ1) is 12.0. The molecule has 92 valence electrons. The van der Waals surface area contributed by atoms with E-state index in [0.29, 0.717) is 12.3 Å². The third-order valence-corrected chi connectivity index (χ3v) is 3.51. The number of aryl methyl sites for hydroxylation is 1.